The van der Waals surface area contributed by atoms with Gasteiger partial charge < -0.3 is 9.88 Å². The normalized spacial score (nSPS) is 12.3. The molecule has 0 aliphatic carbocycles. The predicted molar refractivity (Wildman–Crippen MR) is 80.6 cm³/mol. The van der Waals surface area contributed by atoms with Gasteiger partial charge in [-0.1, -0.05) is 12.1 Å². The summed E-state index contributed by atoms with van der Waals surface area (Å²) in [5, 5.41) is 11.5. The van der Waals surface area contributed by atoms with Crippen LogP contribution in [-0.4, -0.2) is 19.7 Å². The number of thiazole rings is 1. The number of aromatic nitrogens is 4. The van der Waals surface area contributed by atoms with Crippen molar-refractivity contribution in [3.63, 3.8) is 0 Å². The van der Waals surface area contributed by atoms with Gasteiger partial charge in [-0.2, -0.15) is 0 Å². The summed E-state index contributed by atoms with van der Waals surface area (Å²) in [6.07, 6.45) is 3.60. The Hall–Kier alpha value is -2.21. The molecule has 0 amide bonds. The number of nitrogens with one attached hydrogen (secondary N) is 1. The lowest BCUT2D eigenvalue weighted by molar-refractivity contribution is 0.902. The van der Waals surface area contributed by atoms with Gasteiger partial charge in [-0.3, -0.25) is 4.98 Å². The number of benzene rings is 1. The lowest BCUT2D eigenvalue weighted by atomic mass is 10.1. The van der Waals surface area contributed by atoms with Crippen molar-refractivity contribution in [2.75, 3.05) is 5.32 Å². The maximum absolute atomic E-state index is 4.13. The average molecular weight is 285 g/mol. The first-order valence-electron chi connectivity index (χ1n) is 6.33. The molecule has 20 heavy (non-hydrogen) atoms. The summed E-state index contributed by atoms with van der Waals surface area (Å²) in [5.41, 5.74) is 3.96. The second kappa shape index (κ2) is 5.42. The van der Waals surface area contributed by atoms with Crippen molar-refractivity contribution in [2.24, 2.45) is 7.05 Å². The van der Waals surface area contributed by atoms with E-state index in [2.05, 4.69) is 39.6 Å². The highest BCUT2D eigenvalue weighted by Gasteiger charge is 2.09. The molecule has 1 unspecified atom stereocenters. The SMILES string of the molecule is CC(Nc1cccc(-c2nncn2C)c1)c1cncs1. The Morgan fingerprint density at radius 1 is 1.35 bits per heavy atom. The van der Waals surface area contributed by atoms with Crippen LogP contribution in [0.15, 0.2) is 42.3 Å². The van der Waals surface area contributed by atoms with E-state index in [0.29, 0.717) is 0 Å². The fourth-order valence-corrected chi connectivity index (χ4v) is 2.68. The molecule has 1 atom stereocenters. The zero-order chi connectivity index (χ0) is 13.9. The zero-order valence-electron chi connectivity index (χ0n) is 11.3. The molecule has 1 aromatic carbocycles. The Balaban J connectivity index is 1.83. The number of aryl methyl sites for hydroxylation is 1. The topological polar surface area (TPSA) is 55.6 Å². The van der Waals surface area contributed by atoms with Crippen LogP contribution < -0.4 is 5.32 Å². The van der Waals surface area contributed by atoms with Crippen molar-refractivity contribution in [1.29, 1.82) is 0 Å². The molecule has 3 rings (SSSR count). The number of hydrogen-bond donors (Lipinski definition) is 1. The number of rotatable bonds is 4. The highest BCUT2D eigenvalue weighted by Crippen LogP contribution is 2.25. The molecule has 2 heterocycles. The molecule has 2 aromatic heterocycles. The number of nitrogens with zero attached hydrogens (tertiary/aromatic N) is 4. The molecule has 0 spiro atoms. The summed E-state index contributed by atoms with van der Waals surface area (Å²) >= 11 is 1.65. The molecule has 0 bridgehead atoms. The largest absolute Gasteiger partial charge is 0.378 e. The molecule has 1 N–H and O–H groups in total. The first-order chi connectivity index (χ1) is 9.74. The standard InChI is InChI=1S/C14H15N5S/c1-10(13-7-15-9-20-13)17-12-5-3-4-11(6-12)14-18-16-8-19(14)2/h3-10,17H,1-2H3. The smallest absolute Gasteiger partial charge is 0.163 e. The number of hydrogen-bond acceptors (Lipinski definition) is 5. The minimum Gasteiger partial charge on any atom is -0.378 e. The van der Waals surface area contributed by atoms with E-state index < -0.39 is 0 Å². The Kier molecular flexibility index (Phi) is 3.47. The van der Waals surface area contributed by atoms with Crippen LogP contribution in [0.3, 0.4) is 0 Å². The minimum absolute atomic E-state index is 0.234. The van der Waals surface area contributed by atoms with Gasteiger partial charge in [0.2, 0.25) is 0 Å². The average Bonchev–Trinajstić information content (AvgIpc) is 3.10. The second-order valence-corrected chi connectivity index (χ2v) is 5.53. The van der Waals surface area contributed by atoms with Gasteiger partial charge in [0.25, 0.3) is 0 Å². The summed E-state index contributed by atoms with van der Waals surface area (Å²) in [6.45, 7) is 2.13. The fourth-order valence-electron chi connectivity index (χ4n) is 2.05. The van der Waals surface area contributed by atoms with E-state index >= 15 is 0 Å². The molecular weight excluding hydrogens is 270 g/mol. The third-order valence-corrected chi connectivity index (χ3v) is 4.05. The summed E-state index contributed by atoms with van der Waals surface area (Å²) in [7, 11) is 1.94. The number of anilines is 1. The molecule has 102 valence electrons. The van der Waals surface area contributed by atoms with Crippen molar-refractivity contribution in [3.05, 3.63) is 47.2 Å². The van der Waals surface area contributed by atoms with E-state index in [9.17, 15) is 0 Å². The van der Waals surface area contributed by atoms with E-state index in [-0.39, 0.29) is 6.04 Å². The highest BCUT2D eigenvalue weighted by molar-refractivity contribution is 7.09. The van der Waals surface area contributed by atoms with Crippen LogP contribution >= 0.6 is 11.3 Å². The molecule has 0 radical (unpaired) electrons. The molecule has 0 aliphatic rings. The van der Waals surface area contributed by atoms with Crippen molar-refractivity contribution in [2.45, 2.75) is 13.0 Å². The third kappa shape index (κ3) is 2.55. The molecule has 6 heteroatoms. The lowest BCUT2D eigenvalue weighted by Gasteiger charge is -2.14. The molecular formula is C14H15N5S. The van der Waals surface area contributed by atoms with Gasteiger partial charge in [-0.25, -0.2) is 0 Å². The van der Waals surface area contributed by atoms with Gasteiger partial charge in [-0.05, 0) is 19.1 Å². The van der Waals surface area contributed by atoms with Gasteiger partial charge in [0.1, 0.15) is 6.33 Å². The molecule has 0 saturated carbocycles. The first-order valence-corrected chi connectivity index (χ1v) is 7.21. The third-order valence-electron chi connectivity index (χ3n) is 3.09. The second-order valence-electron chi connectivity index (χ2n) is 4.62. The van der Waals surface area contributed by atoms with E-state index in [4.69, 9.17) is 0 Å². The van der Waals surface area contributed by atoms with Crippen LogP contribution in [0.2, 0.25) is 0 Å². The van der Waals surface area contributed by atoms with Crippen LogP contribution in [0.25, 0.3) is 11.4 Å². The fraction of sp³-hybridized carbons (Fsp3) is 0.214. The lowest BCUT2D eigenvalue weighted by Crippen LogP contribution is -2.05. The monoisotopic (exact) mass is 285 g/mol. The molecule has 0 aliphatic heterocycles. The molecule has 0 saturated heterocycles. The summed E-state index contributed by atoms with van der Waals surface area (Å²) in [4.78, 5) is 5.33. The van der Waals surface area contributed by atoms with E-state index in [1.165, 1.54) is 4.88 Å². The van der Waals surface area contributed by atoms with E-state index in [1.807, 2.05) is 35.5 Å². The molecule has 5 nitrogen and oxygen atoms in total. The maximum atomic E-state index is 4.13. The van der Waals surface area contributed by atoms with E-state index in [0.717, 1.165) is 17.1 Å². The maximum Gasteiger partial charge on any atom is 0.163 e. The Labute approximate surface area is 121 Å². The highest BCUT2D eigenvalue weighted by atomic mass is 32.1. The van der Waals surface area contributed by atoms with Gasteiger partial charge in [0, 0.05) is 29.4 Å². The van der Waals surface area contributed by atoms with Gasteiger partial charge in [0.15, 0.2) is 5.82 Å². The van der Waals surface area contributed by atoms with Crippen LogP contribution in [0.4, 0.5) is 5.69 Å². The van der Waals surface area contributed by atoms with Crippen molar-refractivity contribution >= 4 is 17.0 Å². The molecule has 0 fully saturated rings. The van der Waals surface area contributed by atoms with Crippen molar-refractivity contribution in [1.82, 2.24) is 19.7 Å². The Morgan fingerprint density at radius 2 is 2.25 bits per heavy atom. The molecule has 3 aromatic rings. The van der Waals surface area contributed by atoms with Crippen molar-refractivity contribution in [3.8, 4) is 11.4 Å². The van der Waals surface area contributed by atoms with Crippen LogP contribution in [-0.2, 0) is 7.05 Å². The predicted octanol–water partition coefficient (Wildman–Crippen LogP) is 3.11. The van der Waals surface area contributed by atoms with Crippen LogP contribution in [0.5, 0.6) is 0 Å². The van der Waals surface area contributed by atoms with Gasteiger partial charge in [-0.15, -0.1) is 21.5 Å². The van der Waals surface area contributed by atoms with Gasteiger partial charge in [0.05, 0.1) is 11.6 Å². The van der Waals surface area contributed by atoms with Crippen molar-refractivity contribution < 1.29 is 0 Å². The summed E-state index contributed by atoms with van der Waals surface area (Å²) < 4.78 is 1.91. The van der Waals surface area contributed by atoms with Gasteiger partial charge >= 0.3 is 0 Å². The zero-order valence-corrected chi connectivity index (χ0v) is 12.1. The quantitative estimate of drug-likeness (QED) is 0.800. The summed E-state index contributed by atoms with van der Waals surface area (Å²) in [5.74, 6) is 0.860. The summed E-state index contributed by atoms with van der Waals surface area (Å²) in [6, 6.07) is 8.43. The minimum atomic E-state index is 0.234. The van der Waals surface area contributed by atoms with E-state index in [1.54, 1.807) is 17.7 Å². The van der Waals surface area contributed by atoms with Crippen LogP contribution in [0, 0.1) is 0 Å². The Morgan fingerprint density at radius 3 is 2.95 bits per heavy atom. The first kappa shape index (κ1) is 12.8. The van der Waals surface area contributed by atoms with Crippen LogP contribution in [0.1, 0.15) is 17.8 Å². The Bertz CT molecular complexity index is 689.